The molecule has 1 amide bonds. The van der Waals surface area contributed by atoms with Crippen LogP contribution in [0.4, 0.5) is 0 Å². The Balaban J connectivity index is 1.95. The van der Waals surface area contributed by atoms with Gasteiger partial charge >= 0.3 is 5.97 Å². The summed E-state index contributed by atoms with van der Waals surface area (Å²) < 4.78 is 11.1. The molecule has 0 aliphatic heterocycles. The van der Waals surface area contributed by atoms with Gasteiger partial charge in [0.1, 0.15) is 17.4 Å². The smallest absolute Gasteiger partial charge is 0.343 e. The molecule has 0 N–H and O–H groups in total. The van der Waals surface area contributed by atoms with Gasteiger partial charge in [-0.05, 0) is 12.5 Å². The minimum Gasteiger partial charge on any atom is -0.463 e. The van der Waals surface area contributed by atoms with E-state index in [0.29, 0.717) is 22.1 Å². The number of likely N-dealkylation sites (N-methyl/N-ethyl adjacent to an activating group) is 1. The molecule has 2 aromatic carbocycles. The summed E-state index contributed by atoms with van der Waals surface area (Å²) in [6.07, 6.45) is 0.376. The number of hydrogen-bond donors (Lipinski definition) is 0. The van der Waals surface area contributed by atoms with Gasteiger partial charge in [-0.1, -0.05) is 48.5 Å². The molecule has 3 aromatic rings. The summed E-state index contributed by atoms with van der Waals surface area (Å²) in [7, 11) is 3.26. The Morgan fingerprint density at radius 3 is 2.44 bits per heavy atom. The van der Waals surface area contributed by atoms with Crippen LogP contribution >= 0.6 is 0 Å². The third-order valence-electron chi connectivity index (χ3n) is 4.01. The number of aryl methyl sites for hydroxylation is 1. The highest BCUT2D eigenvalue weighted by Gasteiger charge is 2.28. The van der Waals surface area contributed by atoms with E-state index in [2.05, 4.69) is 0 Å². The van der Waals surface area contributed by atoms with Gasteiger partial charge in [0.05, 0.1) is 0 Å². The number of furan rings is 1. The predicted molar refractivity (Wildman–Crippen MR) is 94.2 cm³/mol. The molecule has 0 aliphatic rings. The monoisotopic (exact) mass is 337 g/mol. The fraction of sp³-hybridized carbons (Fsp3) is 0.200. The second-order valence-electron chi connectivity index (χ2n) is 6.03. The van der Waals surface area contributed by atoms with Crippen LogP contribution in [0.2, 0.25) is 0 Å². The molecule has 3 rings (SSSR count). The quantitative estimate of drug-likeness (QED) is 0.681. The van der Waals surface area contributed by atoms with Crippen LogP contribution in [0.1, 0.15) is 27.6 Å². The standard InChI is InChI=1S/C20H19NO4/c1-13-8-7-11-15-16(12-24-17(13)15)20(23)25-18(19(22)21(2)3)14-9-5-4-6-10-14/h4-12,18H,1-3H3. The van der Waals surface area contributed by atoms with Gasteiger partial charge in [0, 0.05) is 25.0 Å². The molecular formula is C20H19NO4. The van der Waals surface area contributed by atoms with Crippen LogP contribution in [0.15, 0.2) is 59.2 Å². The molecule has 0 aliphatic carbocycles. The molecular weight excluding hydrogens is 318 g/mol. The maximum absolute atomic E-state index is 12.7. The number of carbonyl (C=O) groups excluding carboxylic acids is 2. The van der Waals surface area contributed by atoms with Crippen molar-refractivity contribution < 1.29 is 18.7 Å². The van der Waals surface area contributed by atoms with Crippen molar-refractivity contribution in [1.29, 1.82) is 0 Å². The first-order chi connectivity index (χ1) is 12.0. The topological polar surface area (TPSA) is 59.8 Å². The highest BCUT2D eigenvalue weighted by Crippen LogP contribution is 2.27. The van der Waals surface area contributed by atoms with E-state index in [9.17, 15) is 9.59 Å². The highest BCUT2D eigenvalue weighted by atomic mass is 16.5. The molecule has 1 atom stereocenters. The Morgan fingerprint density at radius 1 is 1.04 bits per heavy atom. The van der Waals surface area contributed by atoms with E-state index in [0.717, 1.165) is 5.56 Å². The molecule has 1 aromatic heterocycles. The number of amides is 1. The Bertz CT molecular complexity index is 912. The Labute approximate surface area is 145 Å². The molecule has 5 nitrogen and oxygen atoms in total. The van der Waals surface area contributed by atoms with Crippen molar-refractivity contribution >= 4 is 22.8 Å². The Kier molecular flexibility index (Phi) is 4.57. The molecule has 0 fully saturated rings. The van der Waals surface area contributed by atoms with E-state index >= 15 is 0 Å². The van der Waals surface area contributed by atoms with Gasteiger partial charge in [0.25, 0.3) is 5.91 Å². The number of rotatable bonds is 4. The average molecular weight is 337 g/mol. The van der Waals surface area contributed by atoms with E-state index in [-0.39, 0.29) is 5.91 Å². The minimum absolute atomic E-state index is 0.302. The minimum atomic E-state index is -1.00. The van der Waals surface area contributed by atoms with Crippen molar-refractivity contribution in [1.82, 2.24) is 4.90 Å². The maximum Gasteiger partial charge on any atom is 0.343 e. The van der Waals surface area contributed by atoms with Crippen molar-refractivity contribution in [3.63, 3.8) is 0 Å². The Morgan fingerprint density at radius 2 is 1.76 bits per heavy atom. The van der Waals surface area contributed by atoms with Gasteiger partial charge < -0.3 is 14.1 Å². The zero-order valence-corrected chi connectivity index (χ0v) is 14.4. The van der Waals surface area contributed by atoms with Crippen molar-refractivity contribution in [2.75, 3.05) is 14.1 Å². The molecule has 0 spiro atoms. The van der Waals surface area contributed by atoms with Crippen LogP contribution in [0, 0.1) is 6.92 Å². The molecule has 0 saturated carbocycles. The summed E-state index contributed by atoms with van der Waals surface area (Å²) in [5.41, 5.74) is 2.51. The van der Waals surface area contributed by atoms with E-state index in [1.54, 1.807) is 44.4 Å². The first kappa shape index (κ1) is 16.8. The van der Waals surface area contributed by atoms with Crippen LogP contribution in [0.5, 0.6) is 0 Å². The molecule has 5 heteroatoms. The lowest BCUT2D eigenvalue weighted by molar-refractivity contribution is -0.138. The van der Waals surface area contributed by atoms with Crippen molar-refractivity contribution in [3.05, 3.63) is 71.5 Å². The number of hydrogen-bond acceptors (Lipinski definition) is 4. The number of esters is 1. The second kappa shape index (κ2) is 6.81. The molecule has 1 unspecified atom stereocenters. The number of carbonyl (C=O) groups is 2. The van der Waals surface area contributed by atoms with Gasteiger partial charge in [-0.25, -0.2) is 4.79 Å². The summed E-state index contributed by atoms with van der Waals surface area (Å²) in [5.74, 6) is -0.892. The predicted octanol–water partition coefficient (Wildman–Crippen LogP) is 3.73. The summed E-state index contributed by atoms with van der Waals surface area (Å²) in [5, 5.41) is 0.675. The van der Waals surface area contributed by atoms with Crippen molar-refractivity contribution in [2.24, 2.45) is 0 Å². The van der Waals surface area contributed by atoms with Gasteiger partial charge in [0.2, 0.25) is 6.10 Å². The molecule has 128 valence electrons. The fourth-order valence-corrected chi connectivity index (χ4v) is 2.65. The molecule has 1 heterocycles. The number of benzene rings is 2. The molecule has 0 radical (unpaired) electrons. The van der Waals surface area contributed by atoms with E-state index in [4.69, 9.17) is 9.15 Å². The second-order valence-corrected chi connectivity index (χ2v) is 6.03. The molecule has 0 bridgehead atoms. The third kappa shape index (κ3) is 3.26. The van der Waals surface area contributed by atoms with E-state index in [1.807, 2.05) is 25.1 Å². The summed E-state index contributed by atoms with van der Waals surface area (Å²) in [6.45, 7) is 1.91. The largest absolute Gasteiger partial charge is 0.463 e. The van der Waals surface area contributed by atoms with Gasteiger partial charge in [0.15, 0.2) is 0 Å². The summed E-state index contributed by atoms with van der Waals surface area (Å²) in [6, 6.07) is 14.5. The maximum atomic E-state index is 12.7. The zero-order valence-electron chi connectivity index (χ0n) is 14.4. The summed E-state index contributed by atoms with van der Waals surface area (Å²) in [4.78, 5) is 26.6. The van der Waals surface area contributed by atoms with Gasteiger partial charge in [-0.3, -0.25) is 4.79 Å². The molecule has 25 heavy (non-hydrogen) atoms. The van der Waals surface area contributed by atoms with Gasteiger partial charge in [-0.15, -0.1) is 0 Å². The number of nitrogens with zero attached hydrogens (tertiary/aromatic N) is 1. The fourth-order valence-electron chi connectivity index (χ4n) is 2.65. The number of ether oxygens (including phenoxy) is 1. The normalized spacial score (nSPS) is 12.0. The van der Waals surface area contributed by atoms with Crippen LogP contribution in [0.25, 0.3) is 11.0 Å². The first-order valence-electron chi connectivity index (χ1n) is 7.93. The van der Waals surface area contributed by atoms with Crippen LogP contribution < -0.4 is 0 Å². The highest BCUT2D eigenvalue weighted by molar-refractivity contribution is 6.04. The van der Waals surface area contributed by atoms with Crippen LogP contribution in [-0.4, -0.2) is 30.9 Å². The average Bonchev–Trinajstić information content (AvgIpc) is 3.05. The lowest BCUT2D eigenvalue weighted by Crippen LogP contribution is -2.31. The van der Waals surface area contributed by atoms with Gasteiger partial charge in [-0.2, -0.15) is 0 Å². The van der Waals surface area contributed by atoms with Crippen molar-refractivity contribution in [2.45, 2.75) is 13.0 Å². The SMILES string of the molecule is Cc1cccc2c(C(=O)OC(C(=O)N(C)C)c3ccccc3)coc12. The van der Waals surface area contributed by atoms with Crippen LogP contribution in [-0.2, 0) is 9.53 Å². The number of fused-ring (bicyclic) bond motifs is 1. The van der Waals surface area contributed by atoms with Crippen molar-refractivity contribution in [3.8, 4) is 0 Å². The number of para-hydroxylation sites is 1. The Hall–Kier alpha value is -3.08. The van der Waals surface area contributed by atoms with Crippen LogP contribution in [0.3, 0.4) is 0 Å². The lowest BCUT2D eigenvalue weighted by atomic mass is 10.1. The summed E-state index contributed by atoms with van der Waals surface area (Å²) >= 11 is 0. The third-order valence-corrected chi connectivity index (χ3v) is 4.01. The lowest BCUT2D eigenvalue weighted by Gasteiger charge is -2.21. The van der Waals surface area contributed by atoms with E-state index in [1.165, 1.54) is 11.2 Å². The van der Waals surface area contributed by atoms with E-state index < -0.39 is 12.1 Å². The molecule has 0 saturated heterocycles. The first-order valence-corrected chi connectivity index (χ1v) is 7.93. The zero-order chi connectivity index (χ0) is 18.0.